The fourth-order valence-electron chi connectivity index (χ4n) is 1.92. The number of piperidine rings is 1. The zero-order chi connectivity index (χ0) is 12.3. The predicted octanol–water partition coefficient (Wildman–Crippen LogP) is 2.94. The molecule has 1 aromatic rings. The number of hydrogen-bond donors (Lipinski definition) is 2. The second-order valence-electron chi connectivity index (χ2n) is 4.22. The number of rotatable bonds is 1. The molecule has 0 bridgehead atoms. The van der Waals surface area contributed by atoms with E-state index in [9.17, 15) is 4.79 Å². The van der Waals surface area contributed by atoms with Gasteiger partial charge in [0.05, 0.1) is 10.7 Å². The number of benzene rings is 1. The van der Waals surface area contributed by atoms with Crippen molar-refractivity contribution in [1.29, 1.82) is 0 Å². The number of amides is 2. The van der Waals surface area contributed by atoms with Crippen molar-refractivity contribution < 1.29 is 4.79 Å². The van der Waals surface area contributed by atoms with E-state index in [-0.39, 0.29) is 6.03 Å². The number of halogens is 1. The summed E-state index contributed by atoms with van der Waals surface area (Å²) >= 11 is 6.00. The van der Waals surface area contributed by atoms with Crippen LogP contribution in [0.5, 0.6) is 0 Å². The lowest BCUT2D eigenvalue weighted by Crippen LogP contribution is -2.38. The highest BCUT2D eigenvalue weighted by Crippen LogP contribution is 2.24. The summed E-state index contributed by atoms with van der Waals surface area (Å²) in [5.41, 5.74) is 6.79. The van der Waals surface area contributed by atoms with E-state index in [0.717, 1.165) is 25.9 Å². The molecule has 1 fully saturated rings. The largest absolute Gasteiger partial charge is 0.399 e. The first-order valence-corrected chi connectivity index (χ1v) is 6.15. The Morgan fingerprint density at radius 3 is 2.65 bits per heavy atom. The first-order chi connectivity index (χ1) is 8.16. The van der Waals surface area contributed by atoms with Gasteiger partial charge in [0.15, 0.2) is 0 Å². The molecule has 3 N–H and O–H groups in total. The Hall–Kier alpha value is -1.42. The number of hydrogen-bond acceptors (Lipinski definition) is 2. The monoisotopic (exact) mass is 253 g/mol. The highest BCUT2D eigenvalue weighted by molar-refractivity contribution is 6.34. The van der Waals surface area contributed by atoms with Gasteiger partial charge in [-0.3, -0.25) is 0 Å². The molecule has 92 valence electrons. The molecule has 1 saturated heterocycles. The van der Waals surface area contributed by atoms with E-state index in [4.69, 9.17) is 17.3 Å². The van der Waals surface area contributed by atoms with Gasteiger partial charge < -0.3 is 16.0 Å². The Bertz CT molecular complexity index is 416. The number of nitrogen functional groups attached to an aromatic ring is 1. The van der Waals surface area contributed by atoms with Crippen molar-refractivity contribution in [2.24, 2.45) is 0 Å². The molecule has 0 atom stereocenters. The summed E-state index contributed by atoms with van der Waals surface area (Å²) in [5, 5.41) is 3.27. The second kappa shape index (κ2) is 5.27. The number of nitrogens with two attached hydrogens (primary N) is 1. The SMILES string of the molecule is Nc1ccc(NC(=O)N2CCCCC2)c(Cl)c1. The number of likely N-dealkylation sites (tertiary alicyclic amines) is 1. The molecule has 2 amide bonds. The molecular weight excluding hydrogens is 238 g/mol. The molecule has 0 aromatic heterocycles. The van der Waals surface area contributed by atoms with Gasteiger partial charge in [0.2, 0.25) is 0 Å². The molecule has 1 aliphatic heterocycles. The zero-order valence-electron chi connectivity index (χ0n) is 9.58. The van der Waals surface area contributed by atoms with E-state index in [1.807, 2.05) is 4.90 Å². The molecule has 1 heterocycles. The van der Waals surface area contributed by atoms with Crippen LogP contribution < -0.4 is 11.1 Å². The van der Waals surface area contributed by atoms with E-state index < -0.39 is 0 Å². The van der Waals surface area contributed by atoms with Crippen LogP contribution in [-0.4, -0.2) is 24.0 Å². The van der Waals surface area contributed by atoms with Gasteiger partial charge in [0, 0.05) is 18.8 Å². The van der Waals surface area contributed by atoms with E-state index in [1.54, 1.807) is 18.2 Å². The Labute approximate surface area is 106 Å². The molecule has 1 aliphatic rings. The first-order valence-electron chi connectivity index (χ1n) is 5.78. The van der Waals surface area contributed by atoms with Gasteiger partial charge >= 0.3 is 6.03 Å². The fraction of sp³-hybridized carbons (Fsp3) is 0.417. The minimum atomic E-state index is -0.0867. The maximum absolute atomic E-state index is 11.9. The van der Waals surface area contributed by atoms with Crippen LogP contribution >= 0.6 is 11.6 Å². The van der Waals surface area contributed by atoms with Crippen molar-refractivity contribution in [3.05, 3.63) is 23.2 Å². The van der Waals surface area contributed by atoms with E-state index in [1.165, 1.54) is 6.42 Å². The minimum absolute atomic E-state index is 0.0867. The van der Waals surface area contributed by atoms with Crippen LogP contribution in [0.3, 0.4) is 0 Å². The standard InChI is InChI=1S/C12H16ClN3O/c13-10-8-9(14)4-5-11(10)15-12(17)16-6-2-1-3-7-16/h4-5,8H,1-3,6-7,14H2,(H,15,17). The molecule has 17 heavy (non-hydrogen) atoms. The van der Waals surface area contributed by atoms with Crippen molar-refractivity contribution in [1.82, 2.24) is 4.90 Å². The predicted molar refractivity (Wildman–Crippen MR) is 70.3 cm³/mol. The number of anilines is 2. The first kappa shape index (κ1) is 12.0. The minimum Gasteiger partial charge on any atom is -0.399 e. The summed E-state index contributed by atoms with van der Waals surface area (Å²) in [7, 11) is 0. The van der Waals surface area contributed by atoms with Gasteiger partial charge in [0.25, 0.3) is 0 Å². The molecular formula is C12H16ClN3O. The number of nitrogens with one attached hydrogen (secondary N) is 1. The summed E-state index contributed by atoms with van der Waals surface area (Å²) in [4.78, 5) is 13.7. The average molecular weight is 254 g/mol. The maximum atomic E-state index is 11.9. The van der Waals surface area contributed by atoms with Crippen LogP contribution in [0.2, 0.25) is 5.02 Å². The van der Waals surface area contributed by atoms with Gasteiger partial charge in [-0.15, -0.1) is 0 Å². The average Bonchev–Trinajstić information content (AvgIpc) is 2.34. The molecule has 0 aliphatic carbocycles. The fourth-order valence-corrected chi connectivity index (χ4v) is 2.16. The summed E-state index contributed by atoms with van der Waals surface area (Å²) < 4.78 is 0. The van der Waals surface area contributed by atoms with E-state index >= 15 is 0 Å². The summed E-state index contributed by atoms with van der Waals surface area (Å²) in [6.07, 6.45) is 3.35. The summed E-state index contributed by atoms with van der Waals surface area (Å²) in [6.45, 7) is 1.64. The Morgan fingerprint density at radius 1 is 1.29 bits per heavy atom. The molecule has 4 nitrogen and oxygen atoms in total. The van der Waals surface area contributed by atoms with Gasteiger partial charge in [0.1, 0.15) is 0 Å². The topological polar surface area (TPSA) is 58.4 Å². The molecule has 2 rings (SSSR count). The van der Waals surface area contributed by atoms with Crippen LogP contribution in [0.4, 0.5) is 16.2 Å². The smallest absolute Gasteiger partial charge is 0.321 e. The normalized spacial score (nSPS) is 15.7. The third kappa shape index (κ3) is 3.03. The van der Waals surface area contributed by atoms with Gasteiger partial charge in [-0.2, -0.15) is 0 Å². The molecule has 0 spiro atoms. The molecule has 1 aromatic carbocycles. The number of nitrogens with zero attached hydrogens (tertiary/aromatic N) is 1. The van der Waals surface area contributed by atoms with Crippen LogP contribution in [-0.2, 0) is 0 Å². The van der Waals surface area contributed by atoms with Gasteiger partial charge in [-0.25, -0.2) is 4.79 Å². The van der Waals surface area contributed by atoms with Crippen molar-refractivity contribution in [2.75, 3.05) is 24.1 Å². The number of carbonyl (C=O) groups is 1. The quantitative estimate of drug-likeness (QED) is 0.756. The van der Waals surface area contributed by atoms with Crippen molar-refractivity contribution in [3.63, 3.8) is 0 Å². The summed E-state index contributed by atoms with van der Waals surface area (Å²) in [6, 6.07) is 4.99. The van der Waals surface area contributed by atoms with E-state index in [2.05, 4.69) is 5.32 Å². The van der Waals surface area contributed by atoms with Crippen LogP contribution in [0.1, 0.15) is 19.3 Å². The Morgan fingerprint density at radius 2 is 2.00 bits per heavy atom. The number of urea groups is 1. The van der Waals surface area contributed by atoms with Crippen LogP contribution in [0, 0.1) is 0 Å². The Kier molecular flexibility index (Phi) is 3.74. The summed E-state index contributed by atoms with van der Waals surface area (Å²) in [5.74, 6) is 0. The molecule has 0 saturated carbocycles. The maximum Gasteiger partial charge on any atom is 0.321 e. The van der Waals surface area contributed by atoms with Crippen molar-refractivity contribution >= 4 is 29.0 Å². The Balaban J connectivity index is 2.02. The highest BCUT2D eigenvalue weighted by atomic mass is 35.5. The molecule has 5 heteroatoms. The lowest BCUT2D eigenvalue weighted by Gasteiger charge is -2.27. The molecule has 0 radical (unpaired) electrons. The van der Waals surface area contributed by atoms with Crippen LogP contribution in [0.15, 0.2) is 18.2 Å². The third-order valence-electron chi connectivity index (χ3n) is 2.88. The lowest BCUT2D eigenvalue weighted by molar-refractivity contribution is 0.200. The van der Waals surface area contributed by atoms with Crippen molar-refractivity contribution in [2.45, 2.75) is 19.3 Å². The van der Waals surface area contributed by atoms with Gasteiger partial charge in [-0.1, -0.05) is 11.6 Å². The van der Waals surface area contributed by atoms with Gasteiger partial charge in [-0.05, 0) is 37.5 Å². The van der Waals surface area contributed by atoms with E-state index in [0.29, 0.717) is 16.4 Å². The lowest BCUT2D eigenvalue weighted by atomic mass is 10.1. The van der Waals surface area contributed by atoms with Crippen LogP contribution in [0.25, 0.3) is 0 Å². The number of carbonyl (C=O) groups excluding carboxylic acids is 1. The second-order valence-corrected chi connectivity index (χ2v) is 4.62. The highest BCUT2D eigenvalue weighted by Gasteiger charge is 2.17. The van der Waals surface area contributed by atoms with Crippen molar-refractivity contribution in [3.8, 4) is 0 Å². The molecule has 0 unspecified atom stereocenters. The zero-order valence-corrected chi connectivity index (χ0v) is 10.3. The third-order valence-corrected chi connectivity index (χ3v) is 3.19.